The Hall–Kier alpha value is -2.42. The van der Waals surface area contributed by atoms with Gasteiger partial charge in [-0.1, -0.05) is 6.08 Å². The summed E-state index contributed by atoms with van der Waals surface area (Å²) >= 11 is 4.87. The van der Waals surface area contributed by atoms with E-state index in [1.165, 1.54) is 10.6 Å². The highest BCUT2D eigenvalue weighted by atomic mass is 32.1. The Balaban J connectivity index is 3.27. The fraction of sp³-hybridized carbons (Fsp3) is 0.111. The van der Waals surface area contributed by atoms with Crippen molar-refractivity contribution in [2.24, 2.45) is 10.8 Å². The SMILES string of the molecule is C=CCn1c(O)c(/C=N/NC(N)=O)c(=O)[nH]c1=S. The predicted molar refractivity (Wildman–Crippen MR) is 68.1 cm³/mol. The minimum absolute atomic E-state index is 0.0532. The monoisotopic (exact) mass is 269 g/mol. The Morgan fingerprint density at radius 3 is 2.94 bits per heavy atom. The normalized spacial score (nSPS) is 10.4. The van der Waals surface area contributed by atoms with E-state index >= 15 is 0 Å². The van der Waals surface area contributed by atoms with Gasteiger partial charge >= 0.3 is 6.03 Å². The van der Waals surface area contributed by atoms with Crippen LogP contribution in [0.2, 0.25) is 0 Å². The highest BCUT2D eigenvalue weighted by molar-refractivity contribution is 7.71. The van der Waals surface area contributed by atoms with E-state index in [1.54, 1.807) is 0 Å². The summed E-state index contributed by atoms with van der Waals surface area (Å²) in [5.41, 5.74) is 5.91. The van der Waals surface area contributed by atoms with Gasteiger partial charge in [0, 0.05) is 6.54 Å². The summed E-state index contributed by atoms with van der Waals surface area (Å²) in [5.74, 6) is -0.376. The van der Waals surface area contributed by atoms with E-state index in [2.05, 4.69) is 16.7 Å². The number of hydrogen-bond acceptors (Lipinski definition) is 5. The van der Waals surface area contributed by atoms with Crippen LogP contribution in [0.3, 0.4) is 0 Å². The smallest absolute Gasteiger partial charge is 0.332 e. The van der Waals surface area contributed by atoms with Crippen LogP contribution < -0.4 is 16.7 Å². The molecule has 0 unspecified atom stereocenters. The first-order valence-corrected chi connectivity index (χ1v) is 5.13. The largest absolute Gasteiger partial charge is 0.494 e. The predicted octanol–water partition coefficient (Wildman–Crippen LogP) is -0.200. The molecular weight excluding hydrogens is 258 g/mol. The molecule has 0 saturated carbocycles. The van der Waals surface area contributed by atoms with Crippen LogP contribution in [0.4, 0.5) is 4.79 Å². The van der Waals surface area contributed by atoms with Crippen molar-refractivity contribution in [2.75, 3.05) is 0 Å². The van der Waals surface area contributed by atoms with E-state index in [1.807, 2.05) is 5.43 Å². The summed E-state index contributed by atoms with van der Waals surface area (Å²) in [7, 11) is 0. The number of H-pyrrole nitrogens is 1. The number of nitrogens with one attached hydrogen (secondary N) is 2. The summed E-state index contributed by atoms with van der Waals surface area (Å²) in [6.07, 6.45) is 2.46. The first-order valence-electron chi connectivity index (χ1n) is 4.73. The topological polar surface area (TPSA) is 125 Å². The summed E-state index contributed by atoms with van der Waals surface area (Å²) in [5, 5.41) is 13.2. The fourth-order valence-electron chi connectivity index (χ4n) is 1.15. The molecule has 0 aromatic carbocycles. The molecule has 1 aromatic heterocycles. The molecular formula is C9H11N5O3S. The van der Waals surface area contributed by atoms with Gasteiger partial charge in [0.1, 0.15) is 5.56 Å². The molecule has 0 bridgehead atoms. The number of primary amides is 1. The lowest BCUT2D eigenvalue weighted by atomic mass is 10.3. The summed E-state index contributed by atoms with van der Waals surface area (Å²) in [6, 6.07) is -0.888. The van der Waals surface area contributed by atoms with E-state index in [4.69, 9.17) is 18.0 Å². The van der Waals surface area contributed by atoms with E-state index in [0.29, 0.717) is 0 Å². The second kappa shape index (κ2) is 5.77. The van der Waals surface area contributed by atoms with Crippen molar-refractivity contribution in [1.29, 1.82) is 0 Å². The molecule has 1 rings (SSSR count). The molecule has 1 heterocycles. The van der Waals surface area contributed by atoms with E-state index < -0.39 is 11.6 Å². The summed E-state index contributed by atoms with van der Waals surface area (Å²) in [4.78, 5) is 24.3. The number of aromatic hydroxyl groups is 1. The average molecular weight is 269 g/mol. The number of aromatic amines is 1. The molecule has 0 radical (unpaired) electrons. The van der Waals surface area contributed by atoms with E-state index in [-0.39, 0.29) is 22.8 Å². The minimum atomic E-state index is -0.888. The van der Waals surface area contributed by atoms with Crippen molar-refractivity contribution in [3.63, 3.8) is 0 Å². The molecule has 0 aliphatic rings. The van der Waals surface area contributed by atoms with Crippen molar-refractivity contribution in [3.8, 4) is 5.88 Å². The maximum Gasteiger partial charge on any atom is 0.332 e. The number of rotatable bonds is 4. The number of hydrogen-bond donors (Lipinski definition) is 4. The Kier molecular flexibility index (Phi) is 4.38. The highest BCUT2D eigenvalue weighted by Gasteiger charge is 2.09. The zero-order valence-corrected chi connectivity index (χ0v) is 10.0. The van der Waals surface area contributed by atoms with Gasteiger partial charge in [-0.05, 0) is 12.2 Å². The summed E-state index contributed by atoms with van der Waals surface area (Å²) < 4.78 is 1.30. The van der Waals surface area contributed by atoms with Gasteiger partial charge in [-0.15, -0.1) is 6.58 Å². The molecule has 0 spiro atoms. The lowest BCUT2D eigenvalue weighted by Gasteiger charge is -2.08. The Morgan fingerprint density at radius 2 is 2.39 bits per heavy atom. The van der Waals surface area contributed by atoms with Crippen molar-refractivity contribution >= 4 is 24.5 Å². The number of hydrazone groups is 1. The second-order valence-corrected chi connectivity index (χ2v) is 3.52. The van der Waals surface area contributed by atoms with Crippen LogP contribution >= 0.6 is 12.2 Å². The quantitative estimate of drug-likeness (QED) is 0.261. The molecule has 9 heteroatoms. The number of carbonyl (C=O) groups excluding carboxylic acids is 1. The Morgan fingerprint density at radius 1 is 1.72 bits per heavy atom. The average Bonchev–Trinajstić information content (AvgIpc) is 2.28. The number of amides is 2. The first-order chi connectivity index (χ1) is 8.47. The minimum Gasteiger partial charge on any atom is -0.494 e. The molecule has 18 heavy (non-hydrogen) atoms. The van der Waals surface area contributed by atoms with Gasteiger partial charge < -0.3 is 10.8 Å². The number of urea groups is 1. The number of nitrogens with zero attached hydrogens (tertiary/aromatic N) is 2. The van der Waals surface area contributed by atoms with Crippen molar-refractivity contribution < 1.29 is 9.90 Å². The van der Waals surface area contributed by atoms with E-state index in [9.17, 15) is 14.7 Å². The van der Waals surface area contributed by atoms with Crippen LogP contribution in [0.25, 0.3) is 0 Å². The third kappa shape index (κ3) is 3.04. The molecule has 5 N–H and O–H groups in total. The van der Waals surface area contributed by atoms with E-state index in [0.717, 1.165) is 6.21 Å². The van der Waals surface area contributed by atoms with Crippen LogP contribution in [0.5, 0.6) is 5.88 Å². The molecule has 0 saturated heterocycles. The molecule has 0 atom stereocenters. The van der Waals surface area contributed by atoms with Gasteiger partial charge in [-0.3, -0.25) is 14.3 Å². The summed E-state index contributed by atoms with van der Waals surface area (Å²) in [6.45, 7) is 3.71. The number of aromatic nitrogens is 2. The molecule has 1 aromatic rings. The van der Waals surface area contributed by atoms with Gasteiger partial charge in [0.25, 0.3) is 5.56 Å². The van der Waals surface area contributed by atoms with Crippen LogP contribution in [-0.2, 0) is 6.54 Å². The molecule has 2 amide bonds. The first kappa shape index (κ1) is 13.6. The molecule has 0 aliphatic heterocycles. The third-order valence-electron chi connectivity index (χ3n) is 1.89. The van der Waals surface area contributed by atoms with Crippen LogP contribution in [0.1, 0.15) is 5.56 Å². The Labute approximate surface area is 106 Å². The number of carbonyl (C=O) groups is 1. The van der Waals surface area contributed by atoms with Gasteiger partial charge in [0.15, 0.2) is 4.77 Å². The van der Waals surface area contributed by atoms with Crippen molar-refractivity contribution in [3.05, 3.63) is 33.3 Å². The lowest BCUT2D eigenvalue weighted by Crippen LogP contribution is -2.25. The zero-order chi connectivity index (χ0) is 13.7. The molecule has 96 valence electrons. The zero-order valence-electron chi connectivity index (χ0n) is 9.21. The number of allylic oxidation sites excluding steroid dienone is 1. The van der Waals surface area contributed by atoms with Crippen LogP contribution in [0, 0.1) is 4.77 Å². The fourth-order valence-corrected chi connectivity index (χ4v) is 1.40. The molecule has 8 nitrogen and oxygen atoms in total. The third-order valence-corrected chi connectivity index (χ3v) is 2.21. The molecule has 0 aliphatic carbocycles. The Bertz CT molecular complexity index is 616. The second-order valence-electron chi connectivity index (χ2n) is 3.13. The maximum absolute atomic E-state index is 11.5. The van der Waals surface area contributed by atoms with Crippen molar-refractivity contribution in [1.82, 2.24) is 15.0 Å². The molecule has 0 fully saturated rings. The highest BCUT2D eigenvalue weighted by Crippen LogP contribution is 2.10. The van der Waals surface area contributed by atoms with Crippen LogP contribution in [0.15, 0.2) is 22.6 Å². The van der Waals surface area contributed by atoms with Gasteiger partial charge in [0.05, 0.1) is 6.21 Å². The lowest BCUT2D eigenvalue weighted by molar-refractivity contribution is 0.249. The van der Waals surface area contributed by atoms with Crippen LogP contribution in [-0.4, -0.2) is 26.9 Å². The van der Waals surface area contributed by atoms with Gasteiger partial charge in [0.2, 0.25) is 5.88 Å². The number of nitrogens with two attached hydrogens (primary N) is 1. The van der Waals surface area contributed by atoms with Crippen molar-refractivity contribution in [2.45, 2.75) is 6.54 Å². The van der Waals surface area contributed by atoms with Gasteiger partial charge in [-0.25, -0.2) is 10.2 Å². The maximum atomic E-state index is 11.5. The standard InChI is InChI=1S/C9H11N5O3S/c1-2-3-14-7(16)5(4-11-13-8(10)17)6(15)12-9(14)18/h2,4,16H,1,3H2,(H3,10,13,17)(H,12,15,18)/b11-4+. The van der Waals surface area contributed by atoms with Gasteiger partial charge in [-0.2, -0.15) is 5.10 Å².